The highest BCUT2D eigenvalue weighted by Crippen LogP contribution is 2.21. The lowest BCUT2D eigenvalue weighted by molar-refractivity contribution is 0.444. The van der Waals surface area contributed by atoms with Gasteiger partial charge >= 0.3 is 0 Å². The van der Waals surface area contributed by atoms with Gasteiger partial charge in [0.2, 0.25) is 5.95 Å². The van der Waals surface area contributed by atoms with Gasteiger partial charge in [0, 0.05) is 25.8 Å². The number of benzene rings is 1. The lowest BCUT2D eigenvalue weighted by Gasteiger charge is -2.31. The van der Waals surface area contributed by atoms with Crippen LogP contribution in [0.3, 0.4) is 0 Å². The number of nitrogens with zero attached hydrogens (tertiary/aromatic N) is 3. The van der Waals surface area contributed by atoms with E-state index in [1.807, 2.05) is 12.3 Å². The Bertz CT molecular complexity index is 599. The van der Waals surface area contributed by atoms with Crippen molar-refractivity contribution in [1.29, 1.82) is 0 Å². The molecule has 0 spiro atoms. The predicted molar refractivity (Wildman–Crippen MR) is 95.9 cm³/mol. The average molecular weight is 310 g/mol. The minimum atomic E-state index is 0.744. The van der Waals surface area contributed by atoms with Gasteiger partial charge in [-0.15, -0.1) is 0 Å². The Morgan fingerprint density at radius 3 is 2.91 bits per heavy atom. The molecule has 1 aliphatic rings. The van der Waals surface area contributed by atoms with Gasteiger partial charge in [0.1, 0.15) is 5.82 Å². The third-order valence-electron chi connectivity index (χ3n) is 4.39. The maximum Gasteiger partial charge on any atom is 0.224 e. The Hall–Kier alpha value is -2.10. The number of anilines is 2. The molecular formula is C19H26N4. The van der Waals surface area contributed by atoms with Gasteiger partial charge in [-0.1, -0.05) is 37.3 Å². The smallest absolute Gasteiger partial charge is 0.224 e. The molecule has 4 heteroatoms. The zero-order chi connectivity index (χ0) is 15.9. The summed E-state index contributed by atoms with van der Waals surface area (Å²) in [5.74, 6) is 2.55. The molecule has 2 aromatic rings. The normalized spacial score (nSPS) is 18.0. The molecule has 1 unspecified atom stereocenters. The summed E-state index contributed by atoms with van der Waals surface area (Å²) in [5, 5.41) is 3.36. The van der Waals surface area contributed by atoms with Crippen molar-refractivity contribution in [2.45, 2.75) is 32.6 Å². The van der Waals surface area contributed by atoms with Crippen molar-refractivity contribution in [3.05, 3.63) is 48.2 Å². The van der Waals surface area contributed by atoms with E-state index >= 15 is 0 Å². The highest BCUT2D eigenvalue weighted by molar-refractivity contribution is 5.42. The molecule has 1 N–H and O–H groups in total. The standard InChI is InChI=1S/C19H26N4/c1-16-7-6-14-23(15-16)18-11-13-21-19(22-18)20-12-5-10-17-8-3-2-4-9-17/h2-4,8-9,11,13,16H,5-7,10,12,14-15H2,1H3,(H,20,21,22). The number of piperidine rings is 1. The van der Waals surface area contributed by atoms with Gasteiger partial charge in [0.05, 0.1) is 0 Å². The first-order valence-electron chi connectivity index (χ1n) is 8.67. The zero-order valence-electron chi connectivity index (χ0n) is 13.9. The van der Waals surface area contributed by atoms with Crippen molar-refractivity contribution in [1.82, 2.24) is 9.97 Å². The molecule has 0 radical (unpaired) electrons. The van der Waals surface area contributed by atoms with Crippen LogP contribution in [0.4, 0.5) is 11.8 Å². The van der Waals surface area contributed by atoms with Crippen LogP contribution in [0.2, 0.25) is 0 Å². The molecule has 1 aliphatic heterocycles. The summed E-state index contributed by atoms with van der Waals surface area (Å²) in [5.41, 5.74) is 1.38. The van der Waals surface area contributed by atoms with Crippen LogP contribution < -0.4 is 10.2 Å². The van der Waals surface area contributed by atoms with Gasteiger partial charge in [-0.25, -0.2) is 4.98 Å². The molecule has 23 heavy (non-hydrogen) atoms. The lowest BCUT2D eigenvalue weighted by Crippen LogP contribution is -2.34. The summed E-state index contributed by atoms with van der Waals surface area (Å²) in [6.45, 7) is 5.42. The van der Waals surface area contributed by atoms with Crippen molar-refractivity contribution >= 4 is 11.8 Å². The molecule has 1 aromatic carbocycles. The van der Waals surface area contributed by atoms with E-state index in [1.54, 1.807) is 0 Å². The van der Waals surface area contributed by atoms with E-state index in [1.165, 1.54) is 18.4 Å². The first kappa shape index (κ1) is 15.8. The fourth-order valence-corrected chi connectivity index (χ4v) is 3.15. The number of aromatic nitrogens is 2. The van der Waals surface area contributed by atoms with Gasteiger partial charge < -0.3 is 10.2 Å². The van der Waals surface area contributed by atoms with E-state index in [2.05, 4.69) is 57.4 Å². The number of aryl methyl sites for hydroxylation is 1. The van der Waals surface area contributed by atoms with Gasteiger partial charge in [0.25, 0.3) is 0 Å². The van der Waals surface area contributed by atoms with Crippen LogP contribution in [0.25, 0.3) is 0 Å². The van der Waals surface area contributed by atoms with Crippen LogP contribution in [0.5, 0.6) is 0 Å². The molecule has 3 rings (SSSR count). The van der Waals surface area contributed by atoms with E-state index in [0.717, 1.165) is 50.2 Å². The number of hydrogen-bond donors (Lipinski definition) is 1. The van der Waals surface area contributed by atoms with Crippen molar-refractivity contribution < 1.29 is 0 Å². The lowest BCUT2D eigenvalue weighted by atomic mass is 10.0. The van der Waals surface area contributed by atoms with Gasteiger partial charge in [-0.3, -0.25) is 0 Å². The molecule has 0 amide bonds. The summed E-state index contributed by atoms with van der Waals surface area (Å²) in [6.07, 6.45) is 6.60. The van der Waals surface area contributed by atoms with Crippen molar-refractivity contribution in [3.8, 4) is 0 Å². The summed E-state index contributed by atoms with van der Waals surface area (Å²) < 4.78 is 0. The van der Waals surface area contributed by atoms with E-state index in [0.29, 0.717) is 0 Å². The highest BCUT2D eigenvalue weighted by Gasteiger charge is 2.17. The van der Waals surface area contributed by atoms with Crippen LogP contribution >= 0.6 is 0 Å². The fourth-order valence-electron chi connectivity index (χ4n) is 3.15. The average Bonchev–Trinajstić information content (AvgIpc) is 2.60. The van der Waals surface area contributed by atoms with Crippen molar-refractivity contribution in [2.75, 3.05) is 29.9 Å². The quantitative estimate of drug-likeness (QED) is 0.825. The van der Waals surface area contributed by atoms with E-state index in [4.69, 9.17) is 0 Å². The summed E-state index contributed by atoms with van der Waals surface area (Å²) in [4.78, 5) is 11.4. The Morgan fingerprint density at radius 2 is 2.09 bits per heavy atom. The second kappa shape index (κ2) is 7.95. The highest BCUT2D eigenvalue weighted by atomic mass is 15.2. The summed E-state index contributed by atoms with van der Waals surface area (Å²) >= 11 is 0. The number of hydrogen-bond acceptors (Lipinski definition) is 4. The molecule has 122 valence electrons. The molecule has 0 bridgehead atoms. The van der Waals surface area contributed by atoms with Gasteiger partial charge in [-0.05, 0) is 43.2 Å². The molecule has 1 aromatic heterocycles. The van der Waals surface area contributed by atoms with Crippen LogP contribution in [-0.2, 0) is 6.42 Å². The first-order chi connectivity index (χ1) is 11.3. The molecule has 1 fully saturated rings. The van der Waals surface area contributed by atoms with Gasteiger partial charge in [0.15, 0.2) is 0 Å². The van der Waals surface area contributed by atoms with Crippen LogP contribution in [0.1, 0.15) is 31.7 Å². The van der Waals surface area contributed by atoms with Crippen molar-refractivity contribution in [3.63, 3.8) is 0 Å². The second-order valence-corrected chi connectivity index (χ2v) is 6.45. The molecular weight excluding hydrogens is 284 g/mol. The van der Waals surface area contributed by atoms with E-state index in [9.17, 15) is 0 Å². The van der Waals surface area contributed by atoms with Crippen LogP contribution in [0.15, 0.2) is 42.6 Å². The molecule has 1 atom stereocenters. The van der Waals surface area contributed by atoms with E-state index in [-0.39, 0.29) is 0 Å². The zero-order valence-corrected chi connectivity index (χ0v) is 13.9. The number of rotatable bonds is 6. The maximum atomic E-state index is 4.68. The van der Waals surface area contributed by atoms with Crippen LogP contribution in [0, 0.1) is 5.92 Å². The fraction of sp³-hybridized carbons (Fsp3) is 0.474. The molecule has 0 aliphatic carbocycles. The molecule has 1 saturated heterocycles. The largest absolute Gasteiger partial charge is 0.356 e. The third kappa shape index (κ3) is 4.68. The molecule has 4 nitrogen and oxygen atoms in total. The SMILES string of the molecule is CC1CCCN(c2ccnc(NCCCc3ccccc3)n2)C1. The van der Waals surface area contributed by atoms with Crippen LogP contribution in [-0.4, -0.2) is 29.6 Å². The Morgan fingerprint density at radius 1 is 1.22 bits per heavy atom. The molecule has 2 heterocycles. The van der Waals surface area contributed by atoms with Crippen molar-refractivity contribution in [2.24, 2.45) is 5.92 Å². The Balaban J connectivity index is 1.49. The number of nitrogens with one attached hydrogen (secondary N) is 1. The predicted octanol–water partition coefficient (Wildman–Crippen LogP) is 3.76. The topological polar surface area (TPSA) is 41.1 Å². The maximum absolute atomic E-state index is 4.68. The summed E-state index contributed by atoms with van der Waals surface area (Å²) in [7, 11) is 0. The van der Waals surface area contributed by atoms with E-state index < -0.39 is 0 Å². The van der Waals surface area contributed by atoms with Gasteiger partial charge in [-0.2, -0.15) is 4.98 Å². The Labute approximate surface area is 139 Å². The summed E-state index contributed by atoms with van der Waals surface area (Å²) in [6, 6.07) is 12.6. The minimum absolute atomic E-state index is 0.744. The first-order valence-corrected chi connectivity index (χ1v) is 8.67. The monoisotopic (exact) mass is 310 g/mol. The minimum Gasteiger partial charge on any atom is -0.356 e. The second-order valence-electron chi connectivity index (χ2n) is 6.45. The third-order valence-corrected chi connectivity index (χ3v) is 4.39. The molecule has 0 saturated carbocycles. The Kier molecular flexibility index (Phi) is 5.46.